The smallest absolute Gasteiger partial charge is 0.408 e. The van der Waals surface area contributed by atoms with E-state index >= 15 is 0 Å². The van der Waals surface area contributed by atoms with E-state index in [1.807, 2.05) is 0 Å². The number of ether oxygens (including phenoxy) is 2. The summed E-state index contributed by atoms with van der Waals surface area (Å²) in [6.45, 7) is 5.45. The van der Waals surface area contributed by atoms with Crippen molar-refractivity contribution < 1.29 is 33.8 Å². The highest BCUT2D eigenvalue weighted by atomic mass is 16.6. The SMILES string of the molecule is C#Cc1ccccc1C(C(=O)NCC(=O)OC)N(CC)C(=O)C(CO)NC(=O)OC(C)(C)C. The van der Waals surface area contributed by atoms with Crippen molar-refractivity contribution in [3.63, 3.8) is 0 Å². The van der Waals surface area contributed by atoms with Crippen molar-refractivity contribution in [2.75, 3.05) is 26.8 Å². The number of likely N-dealkylation sites (N-methyl/N-ethyl adjacent to an activating group) is 1. The highest BCUT2D eigenvalue weighted by molar-refractivity contribution is 5.93. The molecule has 0 aromatic heterocycles. The van der Waals surface area contributed by atoms with E-state index in [0.29, 0.717) is 11.1 Å². The number of terminal acetylenes is 1. The summed E-state index contributed by atoms with van der Waals surface area (Å²) in [6, 6.07) is 3.90. The highest BCUT2D eigenvalue weighted by Crippen LogP contribution is 2.25. The summed E-state index contributed by atoms with van der Waals surface area (Å²) in [5.74, 6) is 0.371. The van der Waals surface area contributed by atoms with Crippen LogP contribution in [-0.2, 0) is 23.9 Å². The molecule has 1 aromatic carbocycles. The predicted octanol–water partition coefficient (Wildman–Crippen LogP) is 0.732. The lowest BCUT2D eigenvalue weighted by Crippen LogP contribution is -2.54. The average Bonchev–Trinajstić information content (AvgIpc) is 2.77. The van der Waals surface area contributed by atoms with Gasteiger partial charge in [-0.25, -0.2) is 4.79 Å². The molecule has 0 aliphatic rings. The number of benzene rings is 1. The number of nitrogens with one attached hydrogen (secondary N) is 2. The van der Waals surface area contributed by atoms with E-state index < -0.39 is 54.7 Å². The second kappa shape index (κ2) is 12.5. The van der Waals surface area contributed by atoms with Crippen LogP contribution in [0, 0.1) is 12.3 Å². The van der Waals surface area contributed by atoms with E-state index in [1.165, 1.54) is 7.11 Å². The second-order valence-electron chi connectivity index (χ2n) is 7.93. The molecule has 10 nitrogen and oxygen atoms in total. The Morgan fingerprint density at radius 3 is 2.36 bits per heavy atom. The fourth-order valence-electron chi connectivity index (χ4n) is 2.95. The molecular formula is C23H31N3O7. The third-order valence-electron chi connectivity index (χ3n) is 4.40. The number of carbonyl (C=O) groups is 4. The van der Waals surface area contributed by atoms with Crippen molar-refractivity contribution in [1.82, 2.24) is 15.5 Å². The van der Waals surface area contributed by atoms with Gasteiger partial charge in [-0.1, -0.05) is 24.1 Å². The van der Waals surface area contributed by atoms with Gasteiger partial charge in [0.15, 0.2) is 0 Å². The molecule has 0 fully saturated rings. The Hall–Kier alpha value is -3.58. The second-order valence-corrected chi connectivity index (χ2v) is 7.93. The number of carbonyl (C=O) groups excluding carboxylic acids is 4. The standard InChI is InChI=1S/C23H31N3O7/c1-7-15-11-9-10-12-16(15)19(20(29)24-13-18(28)32-6)26(8-2)21(30)17(14-27)25-22(31)33-23(3,4)5/h1,9-12,17,19,27H,8,13-14H2,2-6H3,(H,24,29)(H,25,31). The summed E-state index contributed by atoms with van der Waals surface area (Å²) in [5, 5.41) is 14.5. The predicted molar refractivity (Wildman–Crippen MR) is 120 cm³/mol. The number of aliphatic hydroxyl groups is 1. The first-order chi connectivity index (χ1) is 15.5. The van der Waals surface area contributed by atoms with Gasteiger partial charge in [0.05, 0.1) is 13.7 Å². The fraction of sp³-hybridized carbons (Fsp3) is 0.478. The van der Waals surface area contributed by atoms with Crippen LogP contribution in [0.3, 0.4) is 0 Å². The Bertz CT molecular complexity index is 902. The lowest BCUT2D eigenvalue weighted by atomic mass is 9.97. The molecule has 0 heterocycles. The fourth-order valence-corrected chi connectivity index (χ4v) is 2.95. The zero-order chi connectivity index (χ0) is 25.2. The zero-order valence-corrected chi connectivity index (χ0v) is 19.5. The topological polar surface area (TPSA) is 134 Å². The number of amides is 3. The van der Waals surface area contributed by atoms with Gasteiger partial charge in [-0.2, -0.15) is 0 Å². The lowest BCUT2D eigenvalue weighted by Gasteiger charge is -2.33. The number of alkyl carbamates (subject to hydrolysis) is 1. The molecule has 3 amide bonds. The molecule has 2 atom stereocenters. The molecule has 3 N–H and O–H groups in total. The van der Waals surface area contributed by atoms with Crippen LogP contribution in [0.5, 0.6) is 0 Å². The first-order valence-corrected chi connectivity index (χ1v) is 10.3. The van der Waals surface area contributed by atoms with E-state index in [-0.39, 0.29) is 6.54 Å². The van der Waals surface area contributed by atoms with Gasteiger partial charge in [0, 0.05) is 12.1 Å². The van der Waals surface area contributed by atoms with Gasteiger partial charge in [0.2, 0.25) is 11.8 Å². The molecule has 0 spiro atoms. The Morgan fingerprint density at radius 2 is 1.85 bits per heavy atom. The maximum absolute atomic E-state index is 13.3. The number of esters is 1. The maximum Gasteiger partial charge on any atom is 0.408 e. The van der Waals surface area contributed by atoms with E-state index in [2.05, 4.69) is 21.3 Å². The molecule has 33 heavy (non-hydrogen) atoms. The van der Waals surface area contributed by atoms with Gasteiger partial charge in [0.25, 0.3) is 0 Å². The highest BCUT2D eigenvalue weighted by Gasteiger charge is 2.36. The molecule has 0 saturated heterocycles. The number of methoxy groups -OCH3 is 1. The molecule has 0 radical (unpaired) electrons. The molecule has 10 heteroatoms. The minimum absolute atomic E-state index is 0.0283. The summed E-state index contributed by atoms with van der Waals surface area (Å²) in [4.78, 5) is 51.2. The van der Waals surface area contributed by atoms with E-state index in [0.717, 1.165) is 4.90 Å². The Kier molecular flexibility index (Phi) is 10.4. The largest absolute Gasteiger partial charge is 0.468 e. The normalized spacial score (nSPS) is 12.5. The summed E-state index contributed by atoms with van der Waals surface area (Å²) in [6.07, 6.45) is 4.69. The molecule has 2 unspecified atom stereocenters. The van der Waals surface area contributed by atoms with Crippen LogP contribution in [0.1, 0.15) is 44.9 Å². The van der Waals surface area contributed by atoms with Crippen LogP contribution in [0.25, 0.3) is 0 Å². The molecule has 0 saturated carbocycles. The van der Waals surface area contributed by atoms with Gasteiger partial charge in [-0.3, -0.25) is 14.4 Å². The third kappa shape index (κ3) is 8.12. The molecule has 0 bridgehead atoms. The monoisotopic (exact) mass is 461 g/mol. The van der Waals surface area contributed by atoms with Gasteiger partial charge >= 0.3 is 12.1 Å². The number of rotatable bonds is 9. The average molecular weight is 462 g/mol. The number of hydrogen-bond donors (Lipinski definition) is 3. The van der Waals surface area contributed by atoms with Crippen molar-refractivity contribution in [2.24, 2.45) is 0 Å². The number of nitrogens with zero attached hydrogens (tertiary/aromatic N) is 1. The van der Waals surface area contributed by atoms with Gasteiger partial charge in [0.1, 0.15) is 24.2 Å². The van der Waals surface area contributed by atoms with Crippen LogP contribution in [0.2, 0.25) is 0 Å². The Balaban J connectivity index is 3.33. The zero-order valence-electron chi connectivity index (χ0n) is 19.5. The molecule has 1 aromatic rings. The summed E-state index contributed by atoms with van der Waals surface area (Å²) >= 11 is 0. The lowest BCUT2D eigenvalue weighted by molar-refractivity contribution is -0.145. The minimum Gasteiger partial charge on any atom is -0.468 e. The molecular weight excluding hydrogens is 430 g/mol. The first-order valence-electron chi connectivity index (χ1n) is 10.3. The van der Waals surface area contributed by atoms with E-state index in [9.17, 15) is 24.3 Å². The minimum atomic E-state index is -1.38. The van der Waals surface area contributed by atoms with Crippen LogP contribution >= 0.6 is 0 Å². The van der Waals surface area contributed by atoms with Gasteiger partial charge in [-0.15, -0.1) is 6.42 Å². The van der Waals surface area contributed by atoms with E-state index in [1.54, 1.807) is 52.0 Å². The number of hydrogen-bond acceptors (Lipinski definition) is 7. The van der Waals surface area contributed by atoms with Crippen molar-refractivity contribution in [3.8, 4) is 12.3 Å². The van der Waals surface area contributed by atoms with Crippen molar-refractivity contribution >= 4 is 23.9 Å². The van der Waals surface area contributed by atoms with Crippen LogP contribution in [0.4, 0.5) is 4.79 Å². The van der Waals surface area contributed by atoms with Gasteiger partial charge < -0.3 is 30.1 Å². The van der Waals surface area contributed by atoms with Crippen molar-refractivity contribution in [2.45, 2.75) is 45.4 Å². The Labute approximate surface area is 193 Å². The van der Waals surface area contributed by atoms with Crippen LogP contribution in [0.15, 0.2) is 24.3 Å². The molecule has 0 aliphatic heterocycles. The van der Waals surface area contributed by atoms with Crippen molar-refractivity contribution in [3.05, 3.63) is 35.4 Å². The maximum atomic E-state index is 13.3. The molecule has 180 valence electrons. The van der Waals surface area contributed by atoms with E-state index in [4.69, 9.17) is 11.2 Å². The van der Waals surface area contributed by atoms with Gasteiger partial charge in [-0.05, 0) is 39.3 Å². The molecule has 1 rings (SSSR count). The summed E-state index contributed by atoms with van der Waals surface area (Å²) < 4.78 is 9.69. The first kappa shape index (κ1) is 27.5. The Morgan fingerprint density at radius 1 is 1.21 bits per heavy atom. The summed E-state index contributed by atoms with van der Waals surface area (Å²) in [5.41, 5.74) is -0.117. The molecule has 0 aliphatic carbocycles. The van der Waals surface area contributed by atoms with Crippen LogP contribution < -0.4 is 10.6 Å². The quantitative estimate of drug-likeness (QED) is 0.365. The number of aliphatic hydroxyl groups excluding tert-OH is 1. The van der Waals surface area contributed by atoms with Crippen LogP contribution in [-0.4, -0.2) is 72.3 Å². The third-order valence-corrected chi connectivity index (χ3v) is 4.40. The van der Waals surface area contributed by atoms with Crippen molar-refractivity contribution in [1.29, 1.82) is 0 Å². The summed E-state index contributed by atoms with van der Waals surface area (Å²) in [7, 11) is 1.18.